The summed E-state index contributed by atoms with van der Waals surface area (Å²) in [5, 5.41) is 9.89. The van der Waals surface area contributed by atoms with E-state index < -0.39 is 31.2 Å². The van der Waals surface area contributed by atoms with Gasteiger partial charge in [0.15, 0.2) is 17.0 Å². The molecule has 22 heavy (non-hydrogen) atoms. The molecule has 0 aliphatic carbocycles. The van der Waals surface area contributed by atoms with Gasteiger partial charge in [0, 0.05) is 6.42 Å². The Labute approximate surface area is 122 Å². The van der Waals surface area contributed by atoms with E-state index in [9.17, 15) is 14.5 Å². The standard InChI is InChI=1S/C10H14N5O6P/c11-10-13-8-7(9(17)14-10)12-3-15(8)2-5-4(16)1-6(21-5)22(18,19)20/h3-6,16H,1-2H2,(H2,18,19,20)(H3,11,13,14,17). The maximum atomic E-state index is 11.7. The molecule has 3 unspecified atom stereocenters. The number of rotatable bonds is 3. The van der Waals surface area contributed by atoms with Gasteiger partial charge in [-0.15, -0.1) is 0 Å². The molecule has 0 spiro atoms. The van der Waals surface area contributed by atoms with E-state index in [0.29, 0.717) is 0 Å². The number of anilines is 1. The lowest BCUT2D eigenvalue weighted by molar-refractivity contribution is 0.0163. The first-order valence-corrected chi connectivity index (χ1v) is 8.03. The summed E-state index contributed by atoms with van der Waals surface area (Å²) in [6.07, 6.45) is -0.739. The highest BCUT2D eigenvalue weighted by Gasteiger charge is 2.43. The number of aromatic nitrogens is 4. The van der Waals surface area contributed by atoms with Gasteiger partial charge in [-0.25, -0.2) is 4.98 Å². The first-order valence-electron chi connectivity index (χ1n) is 6.35. The van der Waals surface area contributed by atoms with Crippen LogP contribution in [0.3, 0.4) is 0 Å². The minimum atomic E-state index is -4.44. The van der Waals surface area contributed by atoms with Crippen molar-refractivity contribution in [1.82, 2.24) is 19.5 Å². The zero-order chi connectivity index (χ0) is 16.1. The molecular formula is C10H14N5O6P. The van der Waals surface area contributed by atoms with Crippen molar-refractivity contribution in [2.45, 2.75) is 31.0 Å². The molecule has 0 saturated carbocycles. The number of nitrogen functional groups attached to an aromatic ring is 1. The Kier molecular flexibility index (Phi) is 3.54. The molecule has 120 valence electrons. The molecule has 3 rings (SSSR count). The molecule has 2 aromatic heterocycles. The van der Waals surface area contributed by atoms with Gasteiger partial charge in [-0.1, -0.05) is 0 Å². The van der Waals surface area contributed by atoms with E-state index in [4.69, 9.17) is 20.3 Å². The molecule has 3 heterocycles. The molecule has 0 amide bonds. The van der Waals surface area contributed by atoms with E-state index in [0.717, 1.165) is 0 Å². The van der Waals surface area contributed by atoms with Crippen molar-refractivity contribution in [1.29, 1.82) is 0 Å². The molecule has 1 saturated heterocycles. The summed E-state index contributed by atoms with van der Waals surface area (Å²) >= 11 is 0. The van der Waals surface area contributed by atoms with Crippen LogP contribution in [-0.4, -0.2) is 52.5 Å². The number of fused-ring (bicyclic) bond motifs is 1. The summed E-state index contributed by atoms with van der Waals surface area (Å²) in [5.74, 6) is -1.43. The Morgan fingerprint density at radius 2 is 2.27 bits per heavy atom. The lowest BCUT2D eigenvalue weighted by Crippen LogP contribution is -2.26. The van der Waals surface area contributed by atoms with Crippen molar-refractivity contribution in [2.24, 2.45) is 0 Å². The fourth-order valence-corrected chi connectivity index (χ4v) is 3.19. The number of hydrogen-bond acceptors (Lipinski definition) is 7. The molecule has 1 aliphatic rings. The van der Waals surface area contributed by atoms with Crippen LogP contribution in [0.5, 0.6) is 0 Å². The van der Waals surface area contributed by atoms with Crippen LogP contribution in [0, 0.1) is 0 Å². The molecule has 12 heteroatoms. The second-order valence-electron chi connectivity index (χ2n) is 5.04. The highest BCUT2D eigenvalue weighted by molar-refractivity contribution is 7.52. The molecule has 0 aromatic carbocycles. The molecular weight excluding hydrogens is 317 g/mol. The van der Waals surface area contributed by atoms with Crippen molar-refractivity contribution in [3.05, 3.63) is 16.7 Å². The number of H-pyrrole nitrogens is 1. The summed E-state index contributed by atoms with van der Waals surface area (Å²) in [7, 11) is -4.44. The van der Waals surface area contributed by atoms with Gasteiger partial charge in [-0.05, 0) is 0 Å². The van der Waals surface area contributed by atoms with E-state index in [2.05, 4.69) is 15.0 Å². The average Bonchev–Trinajstić information content (AvgIpc) is 2.95. The third-order valence-electron chi connectivity index (χ3n) is 3.45. The third kappa shape index (κ3) is 2.64. The first-order chi connectivity index (χ1) is 10.3. The highest BCUT2D eigenvalue weighted by Crippen LogP contribution is 2.48. The van der Waals surface area contributed by atoms with Crippen molar-refractivity contribution in [3.63, 3.8) is 0 Å². The summed E-state index contributed by atoms with van der Waals surface area (Å²) in [4.78, 5) is 40.0. The van der Waals surface area contributed by atoms with Crippen LogP contribution in [-0.2, 0) is 15.8 Å². The predicted octanol–water partition coefficient (Wildman–Crippen LogP) is -1.64. The zero-order valence-corrected chi connectivity index (χ0v) is 12.1. The van der Waals surface area contributed by atoms with Crippen LogP contribution in [0.25, 0.3) is 11.2 Å². The second kappa shape index (κ2) is 5.14. The Morgan fingerprint density at radius 3 is 2.91 bits per heavy atom. The largest absolute Gasteiger partial charge is 0.390 e. The number of aliphatic hydroxyl groups excluding tert-OH is 1. The van der Waals surface area contributed by atoms with Crippen molar-refractivity contribution in [2.75, 3.05) is 5.73 Å². The number of nitrogens with zero attached hydrogens (tertiary/aromatic N) is 3. The van der Waals surface area contributed by atoms with Gasteiger partial charge < -0.3 is 29.9 Å². The molecule has 6 N–H and O–H groups in total. The molecule has 3 atom stereocenters. The normalized spacial score (nSPS) is 25.9. The highest BCUT2D eigenvalue weighted by atomic mass is 31.2. The summed E-state index contributed by atoms with van der Waals surface area (Å²) in [6.45, 7) is 0.0318. The summed E-state index contributed by atoms with van der Waals surface area (Å²) in [6, 6.07) is 0. The Morgan fingerprint density at radius 1 is 1.55 bits per heavy atom. The van der Waals surface area contributed by atoms with Crippen LogP contribution >= 0.6 is 7.60 Å². The molecule has 2 aromatic rings. The van der Waals surface area contributed by atoms with E-state index in [1.165, 1.54) is 10.9 Å². The van der Waals surface area contributed by atoms with Crippen LogP contribution in [0.4, 0.5) is 5.95 Å². The van der Waals surface area contributed by atoms with Gasteiger partial charge in [-0.3, -0.25) is 14.3 Å². The van der Waals surface area contributed by atoms with Crippen LogP contribution in [0.15, 0.2) is 11.1 Å². The van der Waals surface area contributed by atoms with Crippen molar-refractivity contribution in [3.8, 4) is 0 Å². The predicted molar refractivity (Wildman–Crippen MR) is 73.9 cm³/mol. The number of nitrogens with two attached hydrogens (primary N) is 1. The van der Waals surface area contributed by atoms with E-state index in [-0.39, 0.29) is 30.1 Å². The summed E-state index contributed by atoms with van der Waals surface area (Å²) < 4.78 is 17.8. The van der Waals surface area contributed by atoms with Gasteiger partial charge in [-0.2, -0.15) is 4.98 Å². The number of nitrogens with one attached hydrogen (secondary N) is 1. The van der Waals surface area contributed by atoms with Gasteiger partial charge in [0.05, 0.1) is 19.0 Å². The average molecular weight is 331 g/mol. The van der Waals surface area contributed by atoms with Gasteiger partial charge in [0.25, 0.3) is 5.56 Å². The topological polar surface area (TPSA) is 177 Å². The third-order valence-corrected chi connectivity index (χ3v) is 4.53. The first kappa shape index (κ1) is 15.1. The maximum Gasteiger partial charge on any atom is 0.354 e. The number of ether oxygens (including phenoxy) is 1. The minimum Gasteiger partial charge on any atom is -0.390 e. The zero-order valence-electron chi connectivity index (χ0n) is 11.2. The van der Waals surface area contributed by atoms with E-state index >= 15 is 0 Å². The molecule has 1 aliphatic heterocycles. The van der Waals surface area contributed by atoms with Gasteiger partial charge >= 0.3 is 7.60 Å². The van der Waals surface area contributed by atoms with Crippen molar-refractivity contribution >= 4 is 24.7 Å². The molecule has 11 nitrogen and oxygen atoms in total. The minimum absolute atomic E-state index is 0.0318. The van der Waals surface area contributed by atoms with E-state index in [1.807, 2.05) is 0 Å². The monoisotopic (exact) mass is 331 g/mol. The number of imidazole rings is 1. The SMILES string of the molecule is Nc1nc2c(ncn2CC2OC(P(=O)(O)O)CC2O)c(=O)[nH]1. The Bertz CT molecular complexity index is 812. The Hall–Kier alpha value is -1.78. The number of aromatic amines is 1. The second-order valence-corrected chi connectivity index (χ2v) is 6.80. The maximum absolute atomic E-state index is 11.7. The van der Waals surface area contributed by atoms with Crippen LogP contribution < -0.4 is 11.3 Å². The molecule has 0 radical (unpaired) electrons. The van der Waals surface area contributed by atoms with Gasteiger partial charge in [0.1, 0.15) is 6.10 Å². The lowest BCUT2D eigenvalue weighted by atomic mass is 10.2. The lowest BCUT2D eigenvalue weighted by Gasteiger charge is -2.16. The fourth-order valence-electron chi connectivity index (χ4n) is 2.39. The van der Waals surface area contributed by atoms with E-state index in [1.54, 1.807) is 0 Å². The molecule has 1 fully saturated rings. The summed E-state index contributed by atoms with van der Waals surface area (Å²) in [5.41, 5.74) is 5.26. The van der Waals surface area contributed by atoms with Crippen molar-refractivity contribution < 1.29 is 24.2 Å². The van der Waals surface area contributed by atoms with Gasteiger partial charge in [0.2, 0.25) is 5.95 Å². The number of hydrogen-bond donors (Lipinski definition) is 5. The fraction of sp³-hybridized carbons (Fsp3) is 0.500. The Balaban J connectivity index is 1.88. The quantitative estimate of drug-likeness (QED) is 0.412. The van der Waals surface area contributed by atoms with Crippen LogP contribution in [0.1, 0.15) is 6.42 Å². The smallest absolute Gasteiger partial charge is 0.354 e. The van der Waals surface area contributed by atoms with Crippen LogP contribution in [0.2, 0.25) is 0 Å². The number of aliphatic hydroxyl groups is 1. The molecule has 0 bridgehead atoms.